The summed E-state index contributed by atoms with van der Waals surface area (Å²) in [7, 11) is 0. The molecule has 0 aliphatic rings. The molecule has 0 aromatic carbocycles. The smallest absolute Gasteiger partial charge is 0.114 e. The standard InChI is InChI=1S/C14H12N4/c1-11-10-18(12-5-8-15-9-6-12)17-14(11)13-4-2-3-7-16-13/h2-10H,1H3. The van der Waals surface area contributed by atoms with Crippen molar-refractivity contribution < 1.29 is 0 Å². The first-order valence-electron chi connectivity index (χ1n) is 5.72. The van der Waals surface area contributed by atoms with E-state index in [2.05, 4.69) is 15.1 Å². The highest BCUT2D eigenvalue weighted by molar-refractivity contribution is 5.58. The molecule has 4 nitrogen and oxygen atoms in total. The molecule has 4 heteroatoms. The van der Waals surface area contributed by atoms with Gasteiger partial charge in [0.05, 0.1) is 11.4 Å². The normalized spacial score (nSPS) is 10.5. The Kier molecular flexibility index (Phi) is 2.61. The monoisotopic (exact) mass is 236 g/mol. The van der Waals surface area contributed by atoms with Crippen LogP contribution in [0, 0.1) is 6.92 Å². The van der Waals surface area contributed by atoms with E-state index in [1.807, 2.05) is 48.1 Å². The van der Waals surface area contributed by atoms with Crippen LogP contribution in [0.3, 0.4) is 0 Å². The summed E-state index contributed by atoms with van der Waals surface area (Å²) in [6.07, 6.45) is 7.29. The second-order valence-electron chi connectivity index (χ2n) is 4.03. The molecule has 18 heavy (non-hydrogen) atoms. The highest BCUT2D eigenvalue weighted by Gasteiger charge is 2.09. The zero-order valence-corrected chi connectivity index (χ0v) is 9.99. The summed E-state index contributed by atoms with van der Waals surface area (Å²) < 4.78 is 1.85. The fourth-order valence-electron chi connectivity index (χ4n) is 1.85. The van der Waals surface area contributed by atoms with Crippen LogP contribution in [-0.4, -0.2) is 19.7 Å². The number of aryl methyl sites for hydroxylation is 1. The van der Waals surface area contributed by atoms with Crippen LogP contribution in [0.5, 0.6) is 0 Å². The minimum absolute atomic E-state index is 0.891. The molecule has 0 fully saturated rings. The Morgan fingerprint density at radius 2 is 1.83 bits per heavy atom. The number of rotatable bonds is 2. The van der Waals surface area contributed by atoms with Crippen molar-refractivity contribution in [2.45, 2.75) is 6.92 Å². The average molecular weight is 236 g/mol. The molecule has 0 unspecified atom stereocenters. The molecule has 3 rings (SSSR count). The number of hydrogen-bond donors (Lipinski definition) is 0. The van der Waals surface area contributed by atoms with Gasteiger partial charge in [-0.2, -0.15) is 5.10 Å². The Morgan fingerprint density at radius 1 is 1.00 bits per heavy atom. The molecule has 0 atom stereocenters. The lowest BCUT2D eigenvalue weighted by Crippen LogP contribution is -1.95. The van der Waals surface area contributed by atoms with Gasteiger partial charge in [-0.1, -0.05) is 6.07 Å². The molecule has 0 saturated heterocycles. The van der Waals surface area contributed by atoms with Crippen molar-refractivity contribution in [3.63, 3.8) is 0 Å². The maximum Gasteiger partial charge on any atom is 0.114 e. The lowest BCUT2D eigenvalue weighted by atomic mass is 10.2. The van der Waals surface area contributed by atoms with Crippen molar-refractivity contribution in [1.29, 1.82) is 0 Å². The third-order valence-corrected chi connectivity index (χ3v) is 2.73. The van der Waals surface area contributed by atoms with Gasteiger partial charge in [0, 0.05) is 24.8 Å². The van der Waals surface area contributed by atoms with Crippen molar-refractivity contribution in [2.75, 3.05) is 0 Å². The van der Waals surface area contributed by atoms with Crippen molar-refractivity contribution in [2.24, 2.45) is 0 Å². The number of pyridine rings is 2. The van der Waals surface area contributed by atoms with Gasteiger partial charge in [0.2, 0.25) is 0 Å². The van der Waals surface area contributed by atoms with Crippen molar-refractivity contribution >= 4 is 0 Å². The van der Waals surface area contributed by atoms with Gasteiger partial charge < -0.3 is 0 Å². The summed E-state index contributed by atoms with van der Waals surface area (Å²) in [6, 6.07) is 9.68. The molecule has 0 aliphatic carbocycles. The fourth-order valence-corrected chi connectivity index (χ4v) is 1.85. The van der Waals surface area contributed by atoms with E-state index in [1.165, 1.54) is 0 Å². The highest BCUT2D eigenvalue weighted by atomic mass is 15.3. The molecule has 0 saturated carbocycles. The fraction of sp³-hybridized carbons (Fsp3) is 0.0714. The van der Waals surface area contributed by atoms with E-state index >= 15 is 0 Å². The zero-order valence-electron chi connectivity index (χ0n) is 9.99. The predicted octanol–water partition coefficient (Wildman–Crippen LogP) is 2.64. The quantitative estimate of drug-likeness (QED) is 0.687. The van der Waals surface area contributed by atoms with Gasteiger partial charge >= 0.3 is 0 Å². The summed E-state index contributed by atoms with van der Waals surface area (Å²) in [6.45, 7) is 2.04. The first-order valence-corrected chi connectivity index (χ1v) is 5.72. The van der Waals surface area contributed by atoms with Gasteiger partial charge in [-0.25, -0.2) is 4.68 Å². The first kappa shape index (κ1) is 10.7. The molecule has 3 heterocycles. The van der Waals surface area contributed by atoms with Gasteiger partial charge in [0.1, 0.15) is 5.69 Å². The van der Waals surface area contributed by atoms with Gasteiger partial charge in [0.15, 0.2) is 0 Å². The summed E-state index contributed by atoms with van der Waals surface area (Å²) in [5.74, 6) is 0. The Balaban J connectivity index is 2.07. The maximum atomic E-state index is 4.58. The van der Waals surface area contributed by atoms with Crippen LogP contribution in [0.15, 0.2) is 55.1 Å². The van der Waals surface area contributed by atoms with E-state index in [-0.39, 0.29) is 0 Å². The van der Waals surface area contributed by atoms with E-state index in [1.54, 1.807) is 18.6 Å². The molecule has 3 aromatic rings. The average Bonchev–Trinajstić information content (AvgIpc) is 2.83. The van der Waals surface area contributed by atoms with E-state index in [9.17, 15) is 0 Å². The van der Waals surface area contributed by atoms with Crippen LogP contribution in [0.4, 0.5) is 0 Å². The van der Waals surface area contributed by atoms with Crippen LogP contribution in [0.1, 0.15) is 5.56 Å². The van der Waals surface area contributed by atoms with Gasteiger partial charge in [-0.3, -0.25) is 9.97 Å². The number of hydrogen-bond acceptors (Lipinski definition) is 3. The van der Waals surface area contributed by atoms with Crippen LogP contribution in [0.2, 0.25) is 0 Å². The Bertz CT molecular complexity index is 644. The maximum absolute atomic E-state index is 4.58. The molecular formula is C14H12N4. The second-order valence-corrected chi connectivity index (χ2v) is 4.03. The van der Waals surface area contributed by atoms with Crippen molar-refractivity contribution in [3.05, 3.63) is 60.7 Å². The van der Waals surface area contributed by atoms with E-state index in [0.29, 0.717) is 0 Å². The summed E-state index contributed by atoms with van der Waals surface area (Å²) in [4.78, 5) is 8.33. The Hall–Kier alpha value is -2.49. The van der Waals surface area contributed by atoms with E-state index in [4.69, 9.17) is 0 Å². The topological polar surface area (TPSA) is 43.6 Å². The molecule has 0 radical (unpaired) electrons. The van der Waals surface area contributed by atoms with Crippen LogP contribution < -0.4 is 0 Å². The third-order valence-electron chi connectivity index (χ3n) is 2.73. The van der Waals surface area contributed by atoms with E-state index < -0.39 is 0 Å². The van der Waals surface area contributed by atoms with Gasteiger partial charge in [-0.15, -0.1) is 0 Å². The highest BCUT2D eigenvalue weighted by Crippen LogP contribution is 2.20. The molecular weight excluding hydrogens is 224 g/mol. The van der Waals surface area contributed by atoms with Gasteiger partial charge in [0.25, 0.3) is 0 Å². The first-order chi connectivity index (χ1) is 8.84. The molecule has 0 N–H and O–H groups in total. The molecule has 0 spiro atoms. The summed E-state index contributed by atoms with van der Waals surface area (Å²) >= 11 is 0. The molecule has 0 amide bonds. The largest absolute Gasteiger partial charge is 0.265 e. The lowest BCUT2D eigenvalue weighted by molar-refractivity contribution is 0.879. The number of nitrogens with zero attached hydrogens (tertiary/aromatic N) is 4. The van der Waals surface area contributed by atoms with Gasteiger partial charge in [-0.05, 0) is 36.8 Å². The molecule has 0 bridgehead atoms. The summed E-state index contributed by atoms with van der Waals surface area (Å²) in [5, 5.41) is 4.58. The van der Waals surface area contributed by atoms with E-state index in [0.717, 1.165) is 22.6 Å². The molecule has 88 valence electrons. The molecule has 0 aliphatic heterocycles. The Morgan fingerprint density at radius 3 is 2.56 bits per heavy atom. The predicted molar refractivity (Wildman–Crippen MR) is 69.3 cm³/mol. The summed E-state index contributed by atoms with van der Waals surface area (Å²) in [5.41, 5.74) is 3.90. The number of aromatic nitrogens is 4. The zero-order chi connectivity index (χ0) is 12.4. The minimum atomic E-state index is 0.891. The SMILES string of the molecule is Cc1cn(-c2ccncc2)nc1-c1ccccn1. The second kappa shape index (κ2) is 4.41. The molecule has 3 aromatic heterocycles. The van der Waals surface area contributed by atoms with Crippen LogP contribution >= 0.6 is 0 Å². The van der Waals surface area contributed by atoms with Crippen molar-refractivity contribution in [3.8, 4) is 17.1 Å². The van der Waals surface area contributed by atoms with Crippen LogP contribution in [0.25, 0.3) is 17.1 Å². The Labute approximate surface area is 105 Å². The van der Waals surface area contributed by atoms with Crippen molar-refractivity contribution in [1.82, 2.24) is 19.7 Å². The lowest BCUT2D eigenvalue weighted by Gasteiger charge is -1.99. The minimum Gasteiger partial charge on any atom is -0.265 e. The third kappa shape index (κ3) is 1.88. The van der Waals surface area contributed by atoms with Crippen LogP contribution in [-0.2, 0) is 0 Å².